The fraction of sp³-hybridized carbons (Fsp3) is 0.296. The number of carbonyl (C=O) groups is 2. The van der Waals surface area contributed by atoms with Crippen molar-refractivity contribution in [3.8, 4) is 23.0 Å². The smallest absolute Gasteiger partial charge is 0.329 e. The van der Waals surface area contributed by atoms with Gasteiger partial charge in [-0.3, -0.25) is 4.79 Å². The SMILES string of the molecule is CC[C@H](NC(=O)c1nccc(OC)c1O)C(=O)O[C@@H](C)[C@@H](COc1ccccc1)Oc1ccccc1. The minimum atomic E-state index is -0.972. The van der Waals surface area contributed by atoms with E-state index in [1.807, 2.05) is 48.5 Å². The number of carbonyl (C=O) groups excluding carboxylic acids is 2. The van der Waals surface area contributed by atoms with Crippen LogP contribution in [0.4, 0.5) is 0 Å². The molecule has 0 saturated carbocycles. The lowest BCUT2D eigenvalue weighted by molar-refractivity contribution is -0.156. The number of amides is 1. The molecule has 0 radical (unpaired) electrons. The van der Waals surface area contributed by atoms with Crippen LogP contribution in [0.2, 0.25) is 0 Å². The number of pyridine rings is 1. The summed E-state index contributed by atoms with van der Waals surface area (Å²) in [5.41, 5.74) is -0.254. The molecule has 1 amide bonds. The van der Waals surface area contributed by atoms with E-state index in [9.17, 15) is 14.7 Å². The van der Waals surface area contributed by atoms with E-state index in [4.69, 9.17) is 18.9 Å². The van der Waals surface area contributed by atoms with Crippen LogP contribution in [-0.4, -0.2) is 53.9 Å². The second-order valence-corrected chi connectivity index (χ2v) is 7.88. The van der Waals surface area contributed by atoms with Gasteiger partial charge < -0.3 is 29.4 Å². The molecule has 2 aromatic carbocycles. The van der Waals surface area contributed by atoms with E-state index in [1.54, 1.807) is 26.0 Å². The van der Waals surface area contributed by atoms with Crippen LogP contribution in [0.3, 0.4) is 0 Å². The number of rotatable bonds is 12. The van der Waals surface area contributed by atoms with Crippen LogP contribution in [0, 0.1) is 0 Å². The predicted molar refractivity (Wildman–Crippen MR) is 132 cm³/mol. The molecule has 2 N–H and O–H groups in total. The first kappa shape index (κ1) is 26.3. The van der Waals surface area contributed by atoms with Gasteiger partial charge in [-0.2, -0.15) is 0 Å². The number of hydrogen-bond donors (Lipinski definition) is 2. The van der Waals surface area contributed by atoms with Crippen molar-refractivity contribution in [2.45, 2.75) is 38.5 Å². The Kier molecular flexibility index (Phi) is 9.50. The summed E-state index contributed by atoms with van der Waals surface area (Å²) in [5.74, 6) is -0.444. The van der Waals surface area contributed by atoms with Gasteiger partial charge in [0.05, 0.1) is 7.11 Å². The maximum atomic E-state index is 12.9. The first-order valence-corrected chi connectivity index (χ1v) is 11.6. The summed E-state index contributed by atoms with van der Waals surface area (Å²) in [7, 11) is 1.36. The number of methoxy groups -OCH3 is 1. The van der Waals surface area contributed by atoms with Gasteiger partial charge in [0.25, 0.3) is 5.91 Å². The summed E-state index contributed by atoms with van der Waals surface area (Å²) < 4.78 is 22.6. The van der Waals surface area contributed by atoms with E-state index >= 15 is 0 Å². The number of ether oxygens (including phenoxy) is 4. The lowest BCUT2D eigenvalue weighted by atomic mass is 10.2. The van der Waals surface area contributed by atoms with Gasteiger partial charge in [-0.15, -0.1) is 0 Å². The standard InChI is InChI=1S/C27H30N2O7/c1-4-21(29-26(31)24-25(30)22(33-3)15-16-28-24)27(32)35-18(2)23(36-20-13-9-6-10-14-20)17-34-19-11-7-5-8-12-19/h5-16,18,21,23,30H,4,17H2,1-3H3,(H,29,31)/t18-,21-,23+/m0/s1. The van der Waals surface area contributed by atoms with E-state index in [0.717, 1.165) is 0 Å². The van der Waals surface area contributed by atoms with Gasteiger partial charge in [-0.1, -0.05) is 43.3 Å². The van der Waals surface area contributed by atoms with Gasteiger partial charge in [0.1, 0.15) is 30.3 Å². The van der Waals surface area contributed by atoms with Crippen molar-refractivity contribution in [3.05, 3.63) is 78.6 Å². The first-order valence-electron chi connectivity index (χ1n) is 11.6. The fourth-order valence-electron chi connectivity index (χ4n) is 3.30. The summed E-state index contributed by atoms with van der Waals surface area (Å²) in [6, 6.07) is 18.8. The molecule has 0 fully saturated rings. The Balaban J connectivity index is 1.68. The second-order valence-electron chi connectivity index (χ2n) is 7.88. The highest BCUT2D eigenvalue weighted by Crippen LogP contribution is 2.27. The van der Waals surface area contributed by atoms with Crippen LogP contribution in [-0.2, 0) is 9.53 Å². The molecular weight excluding hydrogens is 464 g/mol. The minimum absolute atomic E-state index is 0.0960. The quantitative estimate of drug-likeness (QED) is 0.366. The third kappa shape index (κ3) is 7.11. The summed E-state index contributed by atoms with van der Waals surface area (Å²) in [4.78, 5) is 29.5. The Morgan fingerprint density at radius 1 is 1.00 bits per heavy atom. The number of aromatic nitrogens is 1. The zero-order valence-electron chi connectivity index (χ0n) is 20.4. The molecule has 3 aromatic rings. The Hall–Kier alpha value is -4.27. The molecule has 0 bridgehead atoms. The molecule has 36 heavy (non-hydrogen) atoms. The summed E-state index contributed by atoms with van der Waals surface area (Å²) in [5, 5.41) is 12.8. The first-order chi connectivity index (χ1) is 17.4. The number of benzene rings is 2. The van der Waals surface area contributed by atoms with Gasteiger partial charge >= 0.3 is 5.97 Å². The van der Waals surface area contributed by atoms with Crippen molar-refractivity contribution in [2.24, 2.45) is 0 Å². The maximum Gasteiger partial charge on any atom is 0.329 e. The number of esters is 1. The van der Waals surface area contributed by atoms with Crippen molar-refractivity contribution in [3.63, 3.8) is 0 Å². The van der Waals surface area contributed by atoms with Gasteiger partial charge in [-0.25, -0.2) is 9.78 Å². The van der Waals surface area contributed by atoms with Crippen LogP contribution in [0.15, 0.2) is 72.9 Å². The van der Waals surface area contributed by atoms with Gasteiger partial charge in [0.15, 0.2) is 23.3 Å². The predicted octanol–water partition coefficient (Wildman–Crippen LogP) is 3.76. The van der Waals surface area contributed by atoms with E-state index in [0.29, 0.717) is 11.5 Å². The van der Waals surface area contributed by atoms with Crippen LogP contribution in [0.25, 0.3) is 0 Å². The van der Waals surface area contributed by atoms with Crippen LogP contribution >= 0.6 is 0 Å². The van der Waals surface area contributed by atoms with Crippen molar-refractivity contribution in [1.82, 2.24) is 10.3 Å². The monoisotopic (exact) mass is 494 g/mol. The Bertz CT molecular complexity index is 1130. The second kappa shape index (κ2) is 13.0. The number of nitrogens with zero attached hydrogens (tertiary/aromatic N) is 1. The van der Waals surface area contributed by atoms with Crippen molar-refractivity contribution in [1.29, 1.82) is 0 Å². The molecule has 0 spiro atoms. The zero-order chi connectivity index (χ0) is 25.9. The van der Waals surface area contributed by atoms with Crippen molar-refractivity contribution < 1.29 is 33.6 Å². The number of hydrogen-bond acceptors (Lipinski definition) is 8. The van der Waals surface area contributed by atoms with E-state index in [2.05, 4.69) is 10.3 Å². The highest BCUT2D eigenvalue weighted by molar-refractivity contribution is 5.97. The molecular formula is C27H30N2O7. The van der Waals surface area contributed by atoms with Crippen LogP contribution < -0.4 is 19.5 Å². The Labute approximate surface area is 210 Å². The number of nitrogens with one attached hydrogen (secondary N) is 1. The third-order valence-corrected chi connectivity index (χ3v) is 5.33. The van der Waals surface area contributed by atoms with Crippen molar-refractivity contribution in [2.75, 3.05) is 13.7 Å². The van der Waals surface area contributed by atoms with E-state index in [1.165, 1.54) is 19.4 Å². The molecule has 3 rings (SSSR count). The molecule has 0 aliphatic heterocycles. The van der Waals surface area contributed by atoms with E-state index in [-0.39, 0.29) is 24.5 Å². The van der Waals surface area contributed by atoms with Gasteiger partial charge in [-0.05, 0) is 37.6 Å². The fourth-order valence-corrected chi connectivity index (χ4v) is 3.30. The molecule has 0 aliphatic rings. The van der Waals surface area contributed by atoms with Crippen LogP contribution in [0.5, 0.6) is 23.0 Å². The van der Waals surface area contributed by atoms with Crippen LogP contribution in [0.1, 0.15) is 30.8 Å². The van der Waals surface area contributed by atoms with Gasteiger partial charge in [0, 0.05) is 12.3 Å². The maximum absolute atomic E-state index is 12.9. The largest absolute Gasteiger partial charge is 0.503 e. The lowest BCUT2D eigenvalue weighted by Crippen LogP contribution is -2.45. The molecule has 0 aliphatic carbocycles. The number of para-hydroxylation sites is 2. The summed E-state index contributed by atoms with van der Waals surface area (Å²) in [6.45, 7) is 3.55. The molecule has 0 saturated heterocycles. The zero-order valence-corrected chi connectivity index (χ0v) is 20.4. The Morgan fingerprint density at radius 2 is 1.64 bits per heavy atom. The van der Waals surface area contributed by atoms with E-state index < -0.39 is 35.9 Å². The minimum Gasteiger partial charge on any atom is -0.503 e. The van der Waals surface area contributed by atoms with Gasteiger partial charge in [0.2, 0.25) is 0 Å². The Morgan fingerprint density at radius 3 is 2.25 bits per heavy atom. The molecule has 1 heterocycles. The third-order valence-electron chi connectivity index (χ3n) is 5.33. The average molecular weight is 495 g/mol. The molecule has 190 valence electrons. The molecule has 0 unspecified atom stereocenters. The normalized spacial score (nSPS) is 13.1. The molecule has 1 aromatic heterocycles. The highest BCUT2D eigenvalue weighted by Gasteiger charge is 2.29. The molecule has 9 heteroatoms. The molecule has 9 nitrogen and oxygen atoms in total. The molecule has 3 atom stereocenters. The number of aromatic hydroxyl groups is 1. The highest BCUT2D eigenvalue weighted by atomic mass is 16.6. The topological polar surface area (TPSA) is 116 Å². The van der Waals surface area contributed by atoms with Crippen molar-refractivity contribution >= 4 is 11.9 Å². The average Bonchev–Trinajstić information content (AvgIpc) is 2.90. The summed E-state index contributed by atoms with van der Waals surface area (Å²) in [6.07, 6.45) is 0.240. The lowest BCUT2D eigenvalue weighted by Gasteiger charge is -2.27. The summed E-state index contributed by atoms with van der Waals surface area (Å²) >= 11 is 0.